The minimum absolute atomic E-state index is 0.0134. The zero-order valence-electron chi connectivity index (χ0n) is 21.5. The Bertz CT molecular complexity index is 903. The maximum atomic E-state index is 12.7. The third-order valence-electron chi connectivity index (χ3n) is 6.29. The van der Waals surface area contributed by atoms with Crippen molar-refractivity contribution in [2.45, 2.75) is 65.0 Å². The SMILES string of the molecule is CC(C)(C)CC(C)(C)c1ccc(OC[C@@H](O)CN2C(=O)N[C@@H](CC(=O)N3CCOCC3)C2=O)cc1. The summed E-state index contributed by atoms with van der Waals surface area (Å²) >= 11 is 0. The molecule has 9 heteroatoms. The lowest BCUT2D eigenvalue weighted by atomic mass is 9.72. The number of nitrogens with one attached hydrogen (secondary N) is 1. The number of carbonyl (C=O) groups is 3. The third kappa shape index (κ3) is 7.41. The second-order valence-corrected chi connectivity index (χ2v) is 11.3. The Hall–Kier alpha value is -2.65. The van der Waals surface area contributed by atoms with E-state index in [0.717, 1.165) is 11.3 Å². The molecule has 194 valence electrons. The van der Waals surface area contributed by atoms with E-state index in [1.165, 1.54) is 5.56 Å². The van der Waals surface area contributed by atoms with Crippen LogP contribution in [0.1, 0.15) is 53.0 Å². The van der Waals surface area contributed by atoms with Gasteiger partial charge in [0.25, 0.3) is 5.91 Å². The van der Waals surface area contributed by atoms with Gasteiger partial charge in [-0.3, -0.25) is 14.5 Å². The summed E-state index contributed by atoms with van der Waals surface area (Å²) in [6.07, 6.45) is -0.134. The molecule has 3 rings (SSSR count). The molecule has 2 aliphatic heterocycles. The number of β-amino-alcohol motifs (C(OH)–C–C–N with tert-alkyl or cyclic N) is 1. The fourth-order valence-corrected chi connectivity index (χ4v) is 4.89. The molecule has 0 unspecified atom stereocenters. The van der Waals surface area contributed by atoms with Crippen LogP contribution in [0.3, 0.4) is 0 Å². The van der Waals surface area contributed by atoms with Gasteiger partial charge in [0.15, 0.2) is 0 Å². The molecule has 0 saturated carbocycles. The molecule has 4 amide bonds. The lowest BCUT2D eigenvalue weighted by Crippen LogP contribution is -2.44. The van der Waals surface area contributed by atoms with E-state index >= 15 is 0 Å². The van der Waals surface area contributed by atoms with Crippen molar-refractivity contribution < 1.29 is 29.0 Å². The van der Waals surface area contributed by atoms with Crippen molar-refractivity contribution in [1.82, 2.24) is 15.1 Å². The number of imide groups is 1. The Morgan fingerprint density at radius 1 is 1.14 bits per heavy atom. The molecule has 9 nitrogen and oxygen atoms in total. The molecule has 0 bridgehead atoms. The quantitative estimate of drug-likeness (QED) is 0.516. The zero-order chi connectivity index (χ0) is 25.8. The molecule has 0 aliphatic carbocycles. The van der Waals surface area contributed by atoms with E-state index in [2.05, 4.69) is 39.9 Å². The second kappa shape index (κ2) is 11.0. The highest BCUT2D eigenvalue weighted by molar-refractivity contribution is 6.05. The maximum Gasteiger partial charge on any atom is 0.324 e. The van der Waals surface area contributed by atoms with Crippen molar-refractivity contribution in [1.29, 1.82) is 0 Å². The first-order chi connectivity index (χ1) is 16.4. The van der Waals surface area contributed by atoms with E-state index < -0.39 is 24.1 Å². The average molecular weight is 490 g/mol. The highest BCUT2D eigenvalue weighted by atomic mass is 16.5. The Morgan fingerprint density at radius 3 is 2.37 bits per heavy atom. The number of aliphatic hydroxyl groups excluding tert-OH is 1. The predicted molar refractivity (Wildman–Crippen MR) is 131 cm³/mol. The van der Waals surface area contributed by atoms with E-state index in [1.54, 1.807) is 4.90 Å². The number of morpholine rings is 1. The van der Waals surface area contributed by atoms with Gasteiger partial charge >= 0.3 is 6.03 Å². The Morgan fingerprint density at radius 2 is 1.77 bits per heavy atom. The van der Waals surface area contributed by atoms with E-state index in [0.29, 0.717) is 32.1 Å². The van der Waals surface area contributed by atoms with Crippen LogP contribution in [0.15, 0.2) is 24.3 Å². The minimum Gasteiger partial charge on any atom is -0.491 e. The molecule has 35 heavy (non-hydrogen) atoms. The summed E-state index contributed by atoms with van der Waals surface area (Å²) in [6.45, 7) is 12.7. The molecule has 1 aromatic rings. The number of nitrogens with zero attached hydrogens (tertiary/aromatic N) is 2. The summed E-state index contributed by atoms with van der Waals surface area (Å²) in [5.74, 6) is -0.113. The first kappa shape index (κ1) is 26.9. The van der Waals surface area contributed by atoms with Crippen molar-refractivity contribution in [2.75, 3.05) is 39.5 Å². The number of urea groups is 1. The Kier molecular flexibility index (Phi) is 8.43. The lowest BCUT2D eigenvalue weighted by molar-refractivity contribution is -0.138. The average Bonchev–Trinajstić information content (AvgIpc) is 3.04. The molecule has 2 N–H and O–H groups in total. The van der Waals surface area contributed by atoms with E-state index in [-0.39, 0.29) is 36.3 Å². The number of aliphatic hydroxyl groups is 1. The largest absolute Gasteiger partial charge is 0.491 e. The zero-order valence-corrected chi connectivity index (χ0v) is 21.5. The van der Waals surface area contributed by atoms with Crippen molar-refractivity contribution in [2.24, 2.45) is 5.41 Å². The van der Waals surface area contributed by atoms with Crippen molar-refractivity contribution in [3.8, 4) is 5.75 Å². The molecule has 1 aromatic carbocycles. The Labute approximate surface area is 207 Å². The van der Waals surface area contributed by atoms with Crippen molar-refractivity contribution in [3.05, 3.63) is 29.8 Å². The van der Waals surface area contributed by atoms with Crippen LogP contribution >= 0.6 is 0 Å². The van der Waals surface area contributed by atoms with Crippen LogP contribution in [-0.4, -0.2) is 84.4 Å². The molecule has 2 atom stereocenters. The molecular weight excluding hydrogens is 450 g/mol. The van der Waals surface area contributed by atoms with E-state index in [1.807, 2.05) is 24.3 Å². The number of ether oxygens (including phenoxy) is 2. The Balaban J connectivity index is 1.48. The molecule has 2 heterocycles. The van der Waals surface area contributed by atoms with Crippen LogP contribution < -0.4 is 10.1 Å². The topological polar surface area (TPSA) is 108 Å². The van der Waals surface area contributed by atoms with Gasteiger partial charge in [-0.1, -0.05) is 46.8 Å². The van der Waals surface area contributed by atoms with Crippen LogP contribution in [0.4, 0.5) is 4.79 Å². The summed E-state index contributed by atoms with van der Waals surface area (Å²) in [5, 5.41) is 12.9. The van der Waals surface area contributed by atoms with Crippen molar-refractivity contribution >= 4 is 17.8 Å². The van der Waals surface area contributed by atoms with E-state index in [9.17, 15) is 19.5 Å². The normalized spacial score (nSPS) is 20.1. The van der Waals surface area contributed by atoms with Gasteiger partial charge in [-0.2, -0.15) is 0 Å². The summed E-state index contributed by atoms with van der Waals surface area (Å²) in [5.41, 5.74) is 1.42. The van der Waals surface area contributed by atoms with Crippen LogP contribution in [-0.2, 0) is 19.7 Å². The van der Waals surface area contributed by atoms with Gasteiger partial charge in [0.1, 0.15) is 24.5 Å². The second-order valence-electron chi connectivity index (χ2n) is 11.3. The highest BCUT2D eigenvalue weighted by Crippen LogP contribution is 2.36. The van der Waals surface area contributed by atoms with Crippen LogP contribution in [0.25, 0.3) is 0 Å². The van der Waals surface area contributed by atoms with Gasteiger partial charge in [0, 0.05) is 13.1 Å². The van der Waals surface area contributed by atoms with Crippen LogP contribution in [0.5, 0.6) is 5.75 Å². The van der Waals surface area contributed by atoms with Crippen molar-refractivity contribution in [3.63, 3.8) is 0 Å². The number of amides is 4. The van der Waals surface area contributed by atoms with Gasteiger partial charge < -0.3 is 24.8 Å². The molecule has 0 spiro atoms. The smallest absolute Gasteiger partial charge is 0.324 e. The van der Waals surface area contributed by atoms with Gasteiger partial charge in [-0.05, 0) is 34.9 Å². The van der Waals surface area contributed by atoms with Gasteiger partial charge in [-0.25, -0.2) is 4.79 Å². The molecule has 2 saturated heterocycles. The lowest BCUT2D eigenvalue weighted by Gasteiger charge is -2.33. The molecule has 2 fully saturated rings. The molecule has 0 radical (unpaired) electrons. The standard InChI is InChI=1S/C26H39N3O6/c1-25(2,3)17-26(4,5)18-6-8-20(9-7-18)35-16-19(30)15-29-23(32)21(27-24(29)33)14-22(31)28-10-12-34-13-11-28/h6-9,19,21,30H,10-17H2,1-5H3,(H,27,33)/t19-,21-/m0/s1. The predicted octanol–water partition coefficient (Wildman–Crippen LogP) is 2.31. The van der Waals surface area contributed by atoms with Crippen LogP contribution in [0, 0.1) is 5.41 Å². The van der Waals surface area contributed by atoms with Gasteiger partial charge in [0.05, 0.1) is 26.2 Å². The summed E-state index contributed by atoms with van der Waals surface area (Å²) in [6, 6.07) is 6.26. The molecule has 0 aromatic heterocycles. The summed E-state index contributed by atoms with van der Waals surface area (Å²) < 4.78 is 10.9. The first-order valence-electron chi connectivity index (χ1n) is 12.2. The summed E-state index contributed by atoms with van der Waals surface area (Å²) in [7, 11) is 0. The van der Waals surface area contributed by atoms with Crippen LogP contribution in [0.2, 0.25) is 0 Å². The minimum atomic E-state index is -1.06. The number of rotatable bonds is 9. The first-order valence-corrected chi connectivity index (χ1v) is 12.2. The number of carbonyl (C=O) groups excluding carboxylic acids is 3. The highest BCUT2D eigenvalue weighted by Gasteiger charge is 2.40. The summed E-state index contributed by atoms with van der Waals surface area (Å²) in [4.78, 5) is 40.0. The fraction of sp³-hybridized carbons (Fsp3) is 0.654. The van der Waals surface area contributed by atoms with E-state index in [4.69, 9.17) is 9.47 Å². The van der Waals surface area contributed by atoms with Gasteiger partial charge in [0.2, 0.25) is 5.91 Å². The monoisotopic (exact) mass is 489 g/mol. The molecular formula is C26H39N3O6. The number of hydrogen-bond donors (Lipinski definition) is 2. The maximum absolute atomic E-state index is 12.7. The fourth-order valence-electron chi connectivity index (χ4n) is 4.89. The molecule has 2 aliphatic rings. The van der Waals surface area contributed by atoms with Gasteiger partial charge in [-0.15, -0.1) is 0 Å². The number of benzene rings is 1. The third-order valence-corrected chi connectivity index (χ3v) is 6.29. The number of hydrogen-bond acceptors (Lipinski definition) is 6.